The lowest BCUT2D eigenvalue weighted by molar-refractivity contribution is 0.0698. The highest BCUT2D eigenvalue weighted by molar-refractivity contribution is 9.10. The number of aliphatic hydroxyl groups excluding tert-OH is 1. The lowest BCUT2D eigenvalue weighted by atomic mass is 9.93. The average Bonchev–Trinajstić information content (AvgIpc) is 2.43. The van der Waals surface area contributed by atoms with Crippen molar-refractivity contribution in [1.82, 2.24) is 5.32 Å². The highest BCUT2D eigenvalue weighted by Gasteiger charge is 2.24. The van der Waals surface area contributed by atoms with Gasteiger partial charge in [-0.3, -0.25) is 0 Å². The van der Waals surface area contributed by atoms with Crippen molar-refractivity contribution in [2.45, 2.75) is 37.8 Å². The van der Waals surface area contributed by atoms with Crippen LogP contribution in [0.4, 0.5) is 10.5 Å². The summed E-state index contributed by atoms with van der Waals surface area (Å²) in [6.07, 6.45) is 2.76. The summed E-state index contributed by atoms with van der Waals surface area (Å²) in [7, 11) is 0. The van der Waals surface area contributed by atoms with Gasteiger partial charge in [-0.15, -0.1) is 0 Å². The summed E-state index contributed by atoms with van der Waals surface area (Å²) in [6.45, 7) is 0. The molecular formula is C14H17BrN2O4. The number of urea groups is 1. The van der Waals surface area contributed by atoms with E-state index >= 15 is 0 Å². The molecule has 0 radical (unpaired) electrons. The quantitative estimate of drug-likeness (QED) is 0.668. The molecule has 1 aromatic carbocycles. The molecule has 1 saturated carbocycles. The molecule has 21 heavy (non-hydrogen) atoms. The molecule has 0 bridgehead atoms. The molecule has 2 unspecified atom stereocenters. The number of nitrogens with one attached hydrogen (secondary N) is 2. The van der Waals surface area contributed by atoms with Gasteiger partial charge in [0.25, 0.3) is 0 Å². The number of carboxylic acids is 1. The van der Waals surface area contributed by atoms with Crippen molar-refractivity contribution >= 4 is 33.6 Å². The molecule has 0 aliphatic heterocycles. The zero-order valence-electron chi connectivity index (χ0n) is 11.3. The van der Waals surface area contributed by atoms with E-state index in [9.17, 15) is 14.7 Å². The Hall–Kier alpha value is -1.60. The average molecular weight is 357 g/mol. The van der Waals surface area contributed by atoms with Crippen LogP contribution in [0.3, 0.4) is 0 Å². The van der Waals surface area contributed by atoms with Crippen LogP contribution in [0.1, 0.15) is 36.0 Å². The lowest BCUT2D eigenvalue weighted by Gasteiger charge is -2.28. The smallest absolute Gasteiger partial charge is 0.337 e. The van der Waals surface area contributed by atoms with E-state index in [1.165, 1.54) is 12.1 Å². The third-order valence-electron chi connectivity index (χ3n) is 3.51. The maximum Gasteiger partial charge on any atom is 0.337 e. The second-order valence-electron chi connectivity index (χ2n) is 5.05. The molecular weight excluding hydrogens is 340 g/mol. The molecule has 6 nitrogen and oxygen atoms in total. The van der Waals surface area contributed by atoms with Gasteiger partial charge in [0.2, 0.25) is 0 Å². The van der Waals surface area contributed by atoms with Crippen molar-refractivity contribution in [2.24, 2.45) is 0 Å². The monoisotopic (exact) mass is 356 g/mol. The van der Waals surface area contributed by atoms with Gasteiger partial charge < -0.3 is 20.8 Å². The summed E-state index contributed by atoms with van der Waals surface area (Å²) in [5, 5.41) is 24.2. The Bertz CT molecular complexity index is 550. The number of carbonyl (C=O) groups excluding carboxylic acids is 1. The van der Waals surface area contributed by atoms with Crippen molar-refractivity contribution < 1.29 is 19.8 Å². The van der Waals surface area contributed by atoms with Crippen LogP contribution in [-0.4, -0.2) is 34.4 Å². The minimum Gasteiger partial charge on any atom is -0.478 e. The van der Waals surface area contributed by atoms with Crippen molar-refractivity contribution in [3.63, 3.8) is 0 Å². The Morgan fingerprint density at radius 3 is 2.62 bits per heavy atom. The van der Waals surface area contributed by atoms with Gasteiger partial charge >= 0.3 is 12.0 Å². The first-order valence-corrected chi connectivity index (χ1v) is 7.55. The molecule has 7 heteroatoms. The topological polar surface area (TPSA) is 98.7 Å². The highest BCUT2D eigenvalue weighted by atomic mass is 79.9. The minimum absolute atomic E-state index is 0.00344. The van der Waals surface area contributed by atoms with E-state index in [1.54, 1.807) is 6.07 Å². The van der Waals surface area contributed by atoms with Gasteiger partial charge in [-0.25, -0.2) is 9.59 Å². The number of halogens is 1. The molecule has 2 amide bonds. The number of carboxylic acid groups (broad SMARTS) is 1. The second-order valence-corrected chi connectivity index (χ2v) is 5.97. The summed E-state index contributed by atoms with van der Waals surface area (Å²) < 4.78 is 0.619. The number of carbonyl (C=O) groups is 2. The number of rotatable bonds is 3. The van der Waals surface area contributed by atoms with Crippen LogP contribution in [-0.2, 0) is 0 Å². The molecule has 0 heterocycles. The molecule has 114 valence electrons. The number of amides is 2. The van der Waals surface area contributed by atoms with Crippen molar-refractivity contribution in [1.29, 1.82) is 0 Å². The van der Waals surface area contributed by atoms with Gasteiger partial charge in [0.05, 0.1) is 23.4 Å². The van der Waals surface area contributed by atoms with E-state index in [4.69, 9.17) is 5.11 Å². The fourth-order valence-corrected chi connectivity index (χ4v) is 2.77. The third-order valence-corrected chi connectivity index (χ3v) is 4.00. The van der Waals surface area contributed by atoms with Crippen LogP contribution in [0.2, 0.25) is 0 Å². The molecule has 1 aliphatic rings. The first-order chi connectivity index (χ1) is 9.97. The summed E-state index contributed by atoms with van der Waals surface area (Å²) in [4.78, 5) is 23.1. The summed E-state index contributed by atoms with van der Waals surface area (Å²) in [6, 6.07) is 3.79. The van der Waals surface area contributed by atoms with E-state index in [0.717, 1.165) is 19.3 Å². The summed E-state index contributed by atoms with van der Waals surface area (Å²) >= 11 is 3.19. The normalized spacial score (nSPS) is 21.6. The van der Waals surface area contributed by atoms with Gasteiger partial charge in [0, 0.05) is 4.47 Å². The molecule has 4 N–H and O–H groups in total. The van der Waals surface area contributed by atoms with Gasteiger partial charge in [0.15, 0.2) is 0 Å². The van der Waals surface area contributed by atoms with E-state index in [1.807, 2.05) is 0 Å². The molecule has 0 saturated heterocycles. The van der Waals surface area contributed by atoms with E-state index in [2.05, 4.69) is 26.6 Å². The maximum absolute atomic E-state index is 11.9. The van der Waals surface area contributed by atoms with Crippen molar-refractivity contribution in [3.8, 4) is 0 Å². The van der Waals surface area contributed by atoms with Crippen LogP contribution in [0.15, 0.2) is 22.7 Å². The van der Waals surface area contributed by atoms with Crippen molar-refractivity contribution in [3.05, 3.63) is 28.2 Å². The SMILES string of the molecule is O=C(Nc1ccc(Br)cc1C(=O)O)NC1CCCCC1O. The fraction of sp³-hybridized carbons (Fsp3) is 0.429. The minimum atomic E-state index is -1.12. The Kier molecular flexibility index (Phi) is 5.19. The fourth-order valence-electron chi connectivity index (χ4n) is 2.41. The summed E-state index contributed by atoms with van der Waals surface area (Å²) in [5.74, 6) is -1.12. The molecule has 1 fully saturated rings. The Morgan fingerprint density at radius 1 is 1.24 bits per heavy atom. The van der Waals surface area contributed by atoms with Gasteiger partial charge in [-0.1, -0.05) is 28.8 Å². The van der Waals surface area contributed by atoms with E-state index < -0.39 is 18.1 Å². The van der Waals surface area contributed by atoms with Gasteiger partial charge in [0.1, 0.15) is 0 Å². The first kappa shape index (κ1) is 15.8. The zero-order valence-corrected chi connectivity index (χ0v) is 12.9. The maximum atomic E-state index is 11.9. The number of hydrogen-bond donors (Lipinski definition) is 4. The molecule has 1 aliphatic carbocycles. The number of anilines is 1. The zero-order chi connectivity index (χ0) is 15.4. The first-order valence-electron chi connectivity index (χ1n) is 6.76. The standard InChI is InChI=1S/C14H17BrN2O4/c15-8-5-6-10(9(7-8)13(19)20)16-14(21)17-11-3-1-2-4-12(11)18/h5-7,11-12,18H,1-4H2,(H,19,20)(H2,16,17,21). The second kappa shape index (κ2) is 6.91. The molecule has 2 atom stereocenters. The molecule has 0 spiro atoms. The molecule has 1 aromatic rings. The lowest BCUT2D eigenvalue weighted by Crippen LogP contribution is -2.46. The Labute approximate surface area is 130 Å². The number of benzene rings is 1. The predicted molar refractivity (Wildman–Crippen MR) is 81.5 cm³/mol. The van der Waals surface area contributed by atoms with Crippen LogP contribution in [0.5, 0.6) is 0 Å². The molecule has 0 aromatic heterocycles. The molecule has 2 rings (SSSR count). The summed E-state index contributed by atoms with van der Waals surface area (Å²) in [5.41, 5.74) is 0.220. The predicted octanol–water partition coefficient (Wildman–Crippen LogP) is 2.57. The van der Waals surface area contributed by atoms with E-state index in [0.29, 0.717) is 10.9 Å². The van der Waals surface area contributed by atoms with Crippen LogP contribution < -0.4 is 10.6 Å². The number of hydrogen-bond acceptors (Lipinski definition) is 3. The van der Waals surface area contributed by atoms with Crippen LogP contribution >= 0.6 is 15.9 Å². The van der Waals surface area contributed by atoms with Crippen LogP contribution in [0.25, 0.3) is 0 Å². The largest absolute Gasteiger partial charge is 0.478 e. The highest BCUT2D eigenvalue weighted by Crippen LogP contribution is 2.22. The van der Waals surface area contributed by atoms with E-state index in [-0.39, 0.29) is 17.3 Å². The third kappa shape index (κ3) is 4.18. The number of aromatic carboxylic acids is 1. The Balaban J connectivity index is 2.04. The van der Waals surface area contributed by atoms with Crippen LogP contribution in [0, 0.1) is 0 Å². The van der Waals surface area contributed by atoms with Gasteiger partial charge in [-0.2, -0.15) is 0 Å². The Morgan fingerprint density at radius 2 is 1.95 bits per heavy atom. The van der Waals surface area contributed by atoms with Crippen molar-refractivity contribution in [2.75, 3.05) is 5.32 Å². The number of aliphatic hydroxyl groups is 1. The van der Waals surface area contributed by atoms with Gasteiger partial charge in [-0.05, 0) is 31.0 Å².